The number of likely N-dealkylation sites (N-methyl/N-ethyl adjacent to an activating group) is 1. The monoisotopic (exact) mass is 261 g/mol. The first-order valence-electron chi connectivity index (χ1n) is 7.21. The van der Waals surface area contributed by atoms with Gasteiger partial charge in [0, 0.05) is 31.7 Å². The van der Waals surface area contributed by atoms with Gasteiger partial charge in [0.15, 0.2) is 0 Å². The second kappa shape index (κ2) is 6.51. The van der Waals surface area contributed by atoms with Gasteiger partial charge in [-0.25, -0.2) is 0 Å². The molecule has 1 heterocycles. The summed E-state index contributed by atoms with van der Waals surface area (Å²) in [5, 5.41) is 3.65. The number of aryl methyl sites for hydroxylation is 1. The summed E-state index contributed by atoms with van der Waals surface area (Å²) in [5.41, 5.74) is 2.78. The number of hydrogen-bond donors (Lipinski definition) is 1. The van der Waals surface area contributed by atoms with Crippen LogP contribution in [0.5, 0.6) is 0 Å². The van der Waals surface area contributed by atoms with E-state index in [2.05, 4.69) is 67.4 Å². The molecule has 1 N–H and O–H groups in total. The van der Waals surface area contributed by atoms with Gasteiger partial charge in [-0.15, -0.1) is 0 Å². The van der Waals surface area contributed by atoms with Crippen LogP contribution in [0.3, 0.4) is 0 Å². The van der Waals surface area contributed by atoms with Gasteiger partial charge in [-0.2, -0.15) is 0 Å². The van der Waals surface area contributed by atoms with Crippen molar-refractivity contribution in [3.63, 3.8) is 0 Å². The second-order valence-corrected chi connectivity index (χ2v) is 6.04. The van der Waals surface area contributed by atoms with E-state index in [4.69, 9.17) is 0 Å². The van der Waals surface area contributed by atoms with Crippen LogP contribution in [0.4, 0.5) is 0 Å². The van der Waals surface area contributed by atoms with Crippen LogP contribution in [0.2, 0.25) is 0 Å². The molecule has 0 aromatic heterocycles. The largest absolute Gasteiger partial charge is 0.311 e. The molecule has 2 unspecified atom stereocenters. The zero-order valence-corrected chi connectivity index (χ0v) is 12.7. The summed E-state index contributed by atoms with van der Waals surface area (Å²) in [6, 6.07) is 9.99. The molecule has 1 aliphatic rings. The summed E-state index contributed by atoms with van der Waals surface area (Å²) in [5.74, 6) is 0. The smallest absolute Gasteiger partial charge is 0.0357 e. The van der Waals surface area contributed by atoms with Crippen molar-refractivity contribution in [1.82, 2.24) is 15.1 Å². The van der Waals surface area contributed by atoms with Crippen molar-refractivity contribution in [3.8, 4) is 0 Å². The molecule has 3 nitrogen and oxygen atoms in total. The fourth-order valence-electron chi connectivity index (χ4n) is 2.94. The number of benzene rings is 1. The third-order valence-electron chi connectivity index (χ3n) is 4.02. The van der Waals surface area contributed by atoms with Crippen molar-refractivity contribution in [3.05, 3.63) is 35.4 Å². The molecular formula is C16H27N3. The summed E-state index contributed by atoms with van der Waals surface area (Å²) < 4.78 is 0. The van der Waals surface area contributed by atoms with Crippen LogP contribution in [0.1, 0.15) is 23.6 Å². The maximum absolute atomic E-state index is 3.65. The lowest BCUT2D eigenvalue weighted by atomic mass is 9.96. The molecule has 0 saturated carbocycles. The van der Waals surface area contributed by atoms with Gasteiger partial charge in [-0.05, 0) is 40.1 Å². The Morgan fingerprint density at radius 2 is 2.21 bits per heavy atom. The van der Waals surface area contributed by atoms with Gasteiger partial charge in [-0.1, -0.05) is 29.8 Å². The first-order valence-corrected chi connectivity index (χ1v) is 7.21. The van der Waals surface area contributed by atoms with Gasteiger partial charge in [0.05, 0.1) is 0 Å². The van der Waals surface area contributed by atoms with Crippen LogP contribution in [-0.4, -0.2) is 56.6 Å². The van der Waals surface area contributed by atoms with Crippen LogP contribution in [0.25, 0.3) is 0 Å². The highest BCUT2D eigenvalue weighted by molar-refractivity contribution is 5.25. The Bertz CT molecular complexity index is 403. The number of nitrogens with one attached hydrogen (secondary N) is 1. The van der Waals surface area contributed by atoms with Gasteiger partial charge in [0.25, 0.3) is 0 Å². The quantitative estimate of drug-likeness (QED) is 0.893. The van der Waals surface area contributed by atoms with Gasteiger partial charge < -0.3 is 15.1 Å². The van der Waals surface area contributed by atoms with Crippen LogP contribution in [0.15, 0.2) is 24.3 Å². The second-order valence-electron chi connectivity index (χ2n) is 6.04. The number of piperazine rings is 1. The lowest BCUT2D eigenvalue weighted by Crippen LogP contribution is -2.50. The fourth-order valence-corrected chi connectivity index (χ4v) is 2.94. The Labute approximate surface area is 117 Å². The number of hydrogen-bond acceptors (Lipinski definition) is 3. The van der Waals surface area contributed by atoms with Gasteiger partial charge >= 0.3 is 0 Å². The van der Waals surface area contributed by atoms with E-state index in [-0.39, 0.29) is 0 Å². The van der Waals surface area contributed by atoms with Crippen molar-refractivity contribution >= 4 is 0 Å². The Hall–Kier alpha value is -0.900. The van der Waals surface area contributed by atoms with Crippen molar-refractivity contribution < 1.29 is 0 Å². The Balaban J connectivity index is 2.08. The number of nitrogens with zero attached hydrogens (tertiary/aromatic N) is 2. The molecule has 1 aromatic rings. The van der Waals surface area contributed by atoms with Gasteiger partial charge in [-0.3, -0.25) is 0 Å². The highest BCUT2D eigenvalue weighted by atomic mass is 15.2. The summed E-state index contributed by atoms with van der Waals surface area (Å²) in [7, 11) is 6.57. The number of rotatable bonds is 4. The molecule has 0 amide bonds. The van der Waals surface area contributed by atoms with Crippen LogP contribution >= 0.6 is 0 Å². The fraction of sp³-hybridized carbons (Fsp3) is 0.625. The molecule has 2 rings (SSSR count). The average molecular weight is 261 g/mol. The molecule has 1 fully saturated rings. The highest BCUT2D eigenvalue weighted by Crippen LogP contribution is 2.25. The first-order chi connectivity index (χ1) is 9.06. The Morgan fingerprint density at radius 3 is 2.84 bits per heavy atom. The average Bonchev–Trinajstić information content (AvgIpc) is 2.35. The topological polar surface area (TPSA) is 18.5 Å². The summed E-state index contributed by atoms with van der Waals surface area (Å²) >= 11 is 0. The van der Waals surface area contributed by atoms with E-state index in [9.17, 15) is 0 Å². The lowest BCUT2D eigenvalue weighted by molar-refractivity contribution is 0.190. The Kier molecular flexibility index (Phi) is 4.97. The predicted octanol–water partition coefficient (Wildman–Crippen LogP) is 1.89. The van der Waals surface area contributed by atoms with E-state index in [0.717, 1.165) is 19.6 Å². The maximum Gasteiger partial charge on any atom is 0.0357 e. The Morgan fingerprint density at radius 1 is 1.42 bits per heavy atom. The molecule has 0 radical (unpaired) electrons. The third kappa shape index (κ3) is 4.03. The van der Waals surface area contributed by atoms with E-state index >= 15 is 0 Å². The van der Waals surface area contributed by atoms with Crippen molar-refractivity contribution in [2.24, 2.45) is 0 Å². The van der Waals surface area contributed by atoms with E-state index in [1.54, 1.807) is 0 Å². The molecule has 0 spiro atoms. The standard InChI is InChI=1S/C16H27N3/c1-13-6-5-7-14(10-13)16(18(2)3)11-15-12-19(4)9-8-17-15/h5-7,10,15-17H,8-9,11-12H2,1-4H3. The zero-order chi connectivity index (χ0) is 13.8. The summed E-state index contributed by atoms with van der Waals surface area (Å²) in [4.78, 5) is 4.76. The minimum atomic E-state index is 0.490. The lowest BCUT2D eigenvalue weighted by Gasteiger charge is -2.35. The highest BCUT2D eigenvalue weighted by Gasteiger charge is 2.23. The maximum atomic E-state index is 3.65. The van der Waals surface area contributed by atoms with Crippen LogP contribution in [0, 0.1) is 6.92 Å². The van der Waals surface area contributed by atoms with E-state index in [1.807, 2.05) is 0 Å². The van der Waals surface area contributed by atoms with E-state index in [1.165, 1.54) is 17.5 Å². The zero-order valence-electron chi connectivity index (χ0n) is 12.7. The molecule has 1 aliphatic heterocycles. The molecule has 2 atom stereocenters. The van der Waals surface area contributed by atoms with Crippen molar-refractivity contribution in [2.45, 2.75) is 25.4 Å². The molecule has 1 aromatic carbocycles. The first kappa shape index (κ1) is 14.5. The molecule has 1 saturated heterocycles. The van der Waals surface area contributed by atoms with Crippen LogP contribution < -0.4 is 5.32 Å². The van der Waals surface area contributed by atoms with E-state index in [0.29, 0.717) is 12.1 Å². The predicted molar refractivity (Wildman–Crippen MR) is 81.5 cm³/mol. The minimum Gasteiger partial charge on any atom is -0.311 e. The third-order valence-corrected chi connectivity index (χ3v) is 4.02. The summed E-state index contributed by atoms with van der Waals surface area (Å²) in [6.45, 7) is 5.59. The molecule has 0 bridgehead atoms. The SMILES string of the molecule is Cc1cccc(C(CC2CN(C)CCN2)N(C)C)c1. The van der Waals surface area contributed by atoms with E-state index < -0.39 is 0 Å². The molecule has 106 valence electrons. The van der Waals surface area contributed by atoms with Crippen molar-refractivity contribution in [1.29, 1.82) is 0 Å². The minimum absolute atomic E-state index is 0.490. The normalized spacial score (nSPS) is 22.7. The van der Waals surface area contributed by atoms with Gasteiger partial charge in [0.2, 0.25) is 0 Å². The molecule has 0 aliphatic carbocycles. The van der Waals surface area contributed by atoms with Gasteiger partial charge in [0.1, 0.15) is 0 Å². The van der Waals surface area contributed by atoms with Crippen LogP contribution in [-0.2, 0) is 0 Å². The molecule has 19 heavy (non-hydrogen) atoms. The van der Waals surface area contributed by atoms with Crippen molar-refractivity contribution in [2.75, 3.05) is 40.8 Å². The molecule has 3 heteroatoms. The molecular weight excluding hydrogens is 234 g/mol. The summed E-state index contributed by atoms with van der Waals surface area (Å²) in [6.07, 6.45) is 1.17.